The van der Waals surface area contributed by atoms with Crippen molar-refractivity contribution in [3.05, 3.63) is 29.1 Å². The second kappa shape index (κ2) is 5.28. The van der Waals surface area contributed by atoms with Gasteiger partial charge in [0.2, 0.25) is 0 Å². The molecule has 0 fully saturated rings. The summed E-state index contributed by atoms with van der Waals surface area (Å²) in [4.78, 5) is 13.8. The van der Waals surface area contributed by atoms with Gasteiger partial charge in [-0.05, 0) is 11.6 Å². The zero-order valence-corrected chi connectivity index (χ0v) is 9.09. The molecule has 0 unspecified atom stereocenters. The van der Waals surface area contributed by atoms with E-state index < -0.39 is 41.9 Å². The number of hydrogen-bond donors (Lipinski definition) is 0. The van der Waals surface area contributed by atoms with Crippen molar-refractivity contribution >= 4 is 5.97 Å². The SMILES string of the molecule is COC(=O)Cc1ccc(C(F)F)nc1C(F)(F)F. The number of pyridine rings is 1. The molecule has 0 N–H and O–H groups in total. The molecule has 1 aromatic heterocycles. The van der Waals surface area contributed by atoms with Crippen molar-refractivity contribution in [2.24, 2.45) is 0 Å². The van der Waals surface area contributed by atoms with Gasteiger partial charge >= 0.3 is 12.1 Å². The number of methoxy groups -OCH3 is 1. The van der Waals surface area contributed by atoms with Gasteiger partial charge in [0, 0.05) is 0 Å². The Balaban J connectivity index is 3.21. The summed E-state index contributed by atoms with van der Waals surface area (Å²) < 4.78 is 66.5. The lowest BCUT2D eigenvalue weighted by atomic mass is 10.1. The lowest BCUT2D eigenvalue weighted by Crippen LogP contribution is -2.16. The van der Waals surface area contributed by atoms with Gasteiger partial charge in [0.05, 0.1) is 13.5 Å². The highest BCUT2D eigenvalue weighted by Gasteiger charge is 2.36. The third kappa shape index (κ3) is 3.38. The Labute approximate surface area is 98.6 Å². The summed E-state index contributed by atoms with van der Waals surface area (Å²) in [6.45, 7) is 0. The first-order valence-electron chi connectivity index (χ1n) is 4.67. The summed E-state index contributed by atoms with van der Waals surface area (Å²) in [5.74, 6) is -0.910. The fourth-order valence-electron chi connectivity index (χ4n) is 1.24. The Morgan fingerprint density at radius 3 is 2.44 bits per heavy atom. The lowest BCUT2D eigenvalue weighted by molar-refractivity contribution is -0.143. The molecule has 0 aliphatic heterocycles. The minimum atomic E-state index is -4.91. The van der Waals surface area contributed by atoms with Crippen LogP contribution in [0.25, 0.3) is 0 Å². The van der Waals surface area contributed by atoms with E-state index in [1.165, 1.54) is 0 Å². The van der Waals surface area contributed by atoms with E-state index in [4.69, 9.17) is 0 Å². The Bertz CT molecular complexity index is 444. The molecule has 1 aromatic rings. The van der Waals surface area contributed by atoms with Crippen molar-refractivity contribution in [2.75, 3.05) is 7.11 Å². The monoisotopic (exact) mass is 269 g/mol. The Morgan fingerprint density at radius 2 is 2.00 bits per heavy atom. The lowest BCUT2D eigenvalue weighted by Gasteiger charge is -2.12. The van der Waals surface area contributed by atoms with Crippen LogP contribution in [0.15, 0.2) is 12.1 Å². The number of aromatic nitrogens is 1. The largest absolute Gasteiger partial charge is 0.469 e. The first-order chi connectivity index (χ1) is 8.25. The van der Waals surface area contributed by atoms with Crippen molar-refractivity contribution in [2.45, 2.75) is 19.0 Å². The van der Waals surface area contributed by atoms with E-state index in [-0.39, 0.29) is 0 Å². The Hall–Kier alpha value is -1.73. The van der Waals surface area contributed by atoms with Gasteiger partial charge in [-0.2, -0.15) is 13.2 Å². The van der Waals surface area contributed by atoms with E-state index >= 15 is 0 Å². The number of halogens is 5. The zero-order valence-electron chi connectivity index (χ0n) is 9.09. The highest BCUT2D eigenvalue weighted by atomic mass is 19.4. The number of carbonyl (C=O) groups is 1. The summed E-state index contributed by atoms with van der Waals surface area (Å²) in [6, 6.07) is 1.55. The molecule has 1 rings (SSSR count). The molecule has 0 amide bonds. The van der Waals surface area contributed by atoms with Gasteiger partial charge in [-0.15, -0.1) is 0 Å². The van der Waals surface area contributed by atoms with Crippen LogP contribution in [0.2, 0.25) is 0 Å². The van der Waals surface area contributed by atoms with Crippen molar-refractivity contribution in [3.8, 4) is 0 Å². The van der Waals surface area contributed by atoms with Crippen molar-refractivity contribution in [3.63, 3.8) is 0 Å². The van der Waals surface area contributed by atoms with Crippen LogP contribution in [0.4, 0.5) is 22.0 Å². The molecule has 3 nitrogen and oxygen atoms in total. The fourth-order valence-corrected chi connectivity index (χ4v) is 1.24. The summed E-state index contributed by atoms with van der Waals surface area (Å²) in [6.07, 6.45) is -8.70. The smallest absolute Gasteiger partial charge is 0.433 e. The van der Waals surface area contributed by atoms with Crippen molar-refractivity contribution in [1.29, 1.82) is 0 Å². The van der Waals surface area contributed by atoms with Gasteiger partial charge in [-0.3, -0.25) is 4.79 Å². The Morgan fingerprint density at radius 1 is 1.39 bits per heavy atom. The second-order valence-corrected chi connectivity index (χ2v) is 3.30. The third-order valence-corrected chi connectivity index (χ3v) is 2.05. The quantitative estimate of drug-likeness (QED) is 0.625. The summed E-state index contributed by atoms with van der Waals surface area (Å²) in [5.41, 5.74) is -2.99. The number of alkyl halides is 5. The summed E-state index contributed by atoms with van der Waals surface area (Å²) >= 11 is 0. The van der Waals surface area contributed by atoms with Crippen LogP contribution < -0.4 is 0 Å². The molecular formula is C10H8F5NO2. The second-order valence-electron chi connectivity index (χ2n) is 3.30. The molecular weight excluding hydrogens is 261 g/mol. The van der Waals surface area contributed by atoms with Gasteiger partial charge in [-0.1, -0.05) is 6.07 Å². The van der Waals surface area contributed by atoms with E-state index in [1.54, 1.807) is 0 Å². The van der Waals surface area contributed by atoms with Crippen LogP contribution >= 0.6 is 0 Å². The zero-order chi connectivity index (χ0) is 13.9. The highest BCUT2D eigenvalue weighted by Crippen LogP contribution is 2.32. The molecule has 0 aliphatic rings. The van der Waals surface area contributed by atoms with Gasteiger partial charge in [-0.25, -0.2) is 13.8 Å². The van der Waals surface area contributed by atoms with E-state index in [9.17, 15) is 26.7 Å². The maximum atomic E-state index is 12.6. The normalized spacial score (nSPS) is 11.7. The number of carbonyl (C=O) groups excluding carboxylic acids is 1. The molecule has 0 spiro atoms. The van der Waals surface area contributed by atoms with Crippen molar-refractivity contribution < 1.29 is 31.5 Å². The summed E-state index contributed by atoms with van der Waals surface area (Å²) in [7, 11) is 1.01. The maximum absolute atomic E-state index is 12.6. The average molecular weight is 269 g/mol. The number of nitrogens with zero attached hydrogens (tertiary/aromatic N) is 1. The molecule has 18 heavy (non-hydrogen) atoms. The predicted molar refractivity (Wildman–Crippen MR) is 49.9 cm³/mol. The minimum Gasteiger partial charge on any atom is -0.469 e. The van der Waals surface area contributed by atoms with Crippen LogP contribution in [-0.4, -0.2) is 18.1 Å². The number of rotatable bonds is 3. The first kappa shape index (κ1) is 14.3. The molecule has 0 aromatic carbocycles. The Kier molecular flexibility index (Phi) is 4.20. The third-order valence-electron chi connectivity index (χ3n) is 2.05. The highest BCUT2D eigenvalue weighted by molar-refractivity contribution is 5.72. The molecule has 0 saturated carbocycles. The van der Waals surface area contributed by atoms with Gasteiger partial charge in [0.25, 0.3) is 6.43 Å². The van der Waals surface area contributed by atoms with Gasteiger partial charge < -0.3 is 4.74 Å². The van der Waals surface area contributed by atoms with E-state index in [2.05, 4.69) is 9.72 Å². The molecule has 0 atom stereocenters. The van der Waals surface area contributed by atoms with E-state index in [0.717, 1.165) is 19.2 Å². The molecule has 0 aliphatic carbocycles. The van der Waals surface area contributed by atoms with Crippen molar-refractivity contribution in [1.82, 2.24) is 4.98 Å². The van der Waals surface area contributed by atoms with Gasteiger partial charge in [0.1, 0.15) is 11.4 Å². The summed E-state index contributed by atoms with van der Waals surface area (Å²) in [5, 5.41) is 0. The number of ether oxygens (including phenoxy) is 1. The number of esters is 1. The van der Waals surface area contributed by atoms with E-state index in [1.807, 2.05) is 0 Å². The van der Waals surface area contributed by atoms with Crippen LogP contribution in [0.5, 0.6) is 0 Å². The molecule has 8 heteroatoms. The average Bonchev–Trinajstić information content (AvgIpc) is 2.27. The fraction of sp³-hybridized carbons (Fsp3) is 0.400. The van der Waals surface area contributed by atoms with Crippen LogP contribution in [0.1, 0.15) is 23.4 Å². The number of hydrogen-bond acceptors (Lipinski definition) is 3. The standard InChI is InChI=1S/C10H8F5NO2/c1-18-7(17)4-5-2-3-6(9(11)12)16-8(5)10(13,14)15/h2-3,9H,4H2,1H3. The van der Waals surface area contributed by atoms with E-state index in [0.29, 0.717) is 0 Å². The molecule has 1 heterocycles. The van der Waals surface area contributed by atoms with Gasteiger partial charge in [0.15, 0.2) is 0 Å². The van der Waals surface area contributed by atoms with Crippen LogP contribution in [-0.2, 0) is 22.1 Å². The maximum Gasteiger partial charge on any atom is 0.433 e. The first-order valence-corrected chi connectivity index (χ1v) is 4.67. The molecule has 0 bridgehead atoms. The predicted octanol–water partition coefficient (Wildman–Crippen LogP) is 2.75. The molecule has 0 saturated heterocycles. The topological polar surface area (TPSA) is 39.2 Å². The minimum absolute atomic E-state index is 0.501. The van der Waals surface area contributed by atoms with Crippen LogP contribution in [0.3, 0.4) is 0 Å². The van der Waals surface area contributed by atoms with Crippen LogP contribution in [0, 0.1) is 0 Å². The molecule has 100 valence electrons. The molecule has 0 radical (unpaired) electrons.